The van der Waals surface area contributed by atoms with Crippen molar-refractivity contribution in [3.63, 3.8) is 0 Å². The summed E-state index contributed by atoms with van der Waals surface area (Å²) < 4.78 is 0. The minimum atomic E-state index is -0.274. The summed E-state index contributed by atoms with van der Waals surface area (Å²) in [4.78, 5) is 31.6. The Balaban J connectivity index is 1.53. The molecule has 0 unspecified atom stereocenters. The molecule has 0 bridgehead atoms. The molecule has 0 aliphatic carbocycles. The van der Waals surface area contributed by atoms with Crippen LogP contribution in [0.5, 0.6) is 0 Å². The van der Waals surface area contributed by atoms with Crippen LogP contribution >= 0.6 is 11.3 Å². The molecular weight excluding hydrogens is 322 g/mol. The molecule has 1 fully saturated rings. The molecule has 1 atom stereocenters. The first-order valence-corrected chi connectivity index (χ1v) is 8.85. The zero-order valence-corrected chi connectivity index (χ0v) is 14.7. The first kappa shape index (κ1) is 16.6. The first-order chi connectivity index (χ1) is 11.5. The van der Waals surface area contributed by atoms with E-state index in [2.05, 4.69) is 10.3 Å². The van der Waals surface area contributed by atoms with Gasteiger partial charge in [0.15, 0.2) is 0 Å². The third-order valence-corrected chi connectivity index (χ3v) is 5.08. The van der Waals surface area contributed by atoms with Gasteiger partial charge in [0.25, 0.3) is 0 Å². The summed E-state index contributed by atoms with van der Waals surface area (Å²) >= 11 is 1.57. The Hall–Kier alpha value is -2.21. The third kappa shape index (κ3) is 4.00. The Morgan fingerprint density at radius 3 is 2.75 bits per heavy atom. The van der Waals surface area contributed by atoms with Gasteiger partial charge in [-0.05, 0) is 19.4 Å². The van der Waals surface area contributed by atoms with E-state index >= 15 is 0 Å². The summed E-state index contributed by atoms with van der Waals surface area (Å²) in [6.07, 6.45) is 2.09. The highest BCUT2D eigenvalue weighted by molar-refractivity contribution is 7.11. The lowest BCUT2D eigenvalue weighted by Crippen LogP contribution is -2.32. The lowest BCUT2D eigenvalue weighted by molar-refractivity contribution is -0.129. The number of amides is 2. The largest absolute Gasteiger partial charge is 0.349 e. The number of aryl methyl sites for hydroxylation is 2. The second-order valence-electron chi connectivity index (χ2n) is 6.24. The van der Waals surface area contributed by atoms with Crippen LogP contribution in [0, 0.1) is 19.8 Å². The van der Waals surface area contributed by atoms with E-state index in [1.165, 1.54) is 5.56 Å². The summed E-state index contributed by atoms with van der Waals surface area (Å²) in [6, 6.07) is 8.13. The fourth-order valence-corrected chi connectivity index (χ4v) is 3.53. The number of nitrogens with one attached hydrogen (secondary N) is 1. The van der Waals surface area contributed by atoms with Gasteiger partial charge in [0.05, 0.1) is 12.5 Å². The van der Waals surface area contributed by atoms with E-state index in [4.69, 9.17) is 0 Å². The Labute approximate surface area is 145 Å². The molecule has 1 aliphatic rings. The van der Waals surface area contributed by atoms with Gasteiger partial charge in [-0.2, -0.15) is 0 Å². The van der Waals surface area contributed by atoms with E-state index in [1.54, 1.807) is 22.4 Å². The van der Waals surface area contributed by atoms with E-state index in [9.17, 15) is 9.59 Å². The fraction of sp³-hybridized carbons (Fsp3) is 0.389. The van der Waals surface area contributed by atoms with Crippen LogP contribution in [0.4, 0.5) is 0 Å². The maximum atomic E-state index is 12.3. The van der Waals surface area contributed by atoms with Gasteiger partial charge >= 0.3 is 0 Å². The van der Waals surface area contributed by atoms with Crippen LogP contribution in [0.3, 0.4) is 0 Å². The van der Waals surface area contributed by atoms with E-state index < -0.39 is 0 Å². The summed E-state index contributed by atoms with van der Waals surface area (Å²) in [5.41, 5.74) is 2.29. The summed E-state index contributed by atoms with van der Waals surface area (Å²) in [5.74, 6) is -0.299. The average molecular weight is 343 g/mol. The normalized spacial score (nSPS) is 17.3. The zero-order chi connectivity index (χ0) is 17.1. The monoisotopic (exact) mass is 343 g/mol. The number of aromatic nitrogens is 1. The standard InChI is InChI=1S/C18H21N3O2S/c1-12-3-5-14(6-4-12)10-21-11-15(7-17(21)22)18(23)20-9-16-19-8-13(2)24-16/h3-6,8,15H,7,9-11H2,1-2H3,(H,20,23)/t15-/m1/s1. The van der Waals surface area contributed by atoms with E-state index in [0.717, 1.165) is 15.4 Å². The van der Waals surface area contributed by atoms with Gasteiger partial charge in [0, 0.05) is 30.6 Å². The van der Waals surface area contributed by atoms with Crippen LogP contribution < -0.4 is 5.32 Å². The van der Waals surface area contributed by atoms with Gasteiger partial charge in [-0.1, -0.05) is 29.8 Å². The quantitative estimate of drug-likeness (QED) is 0.907. The van der Waals surface area contributed by atoms with Gasteiger partial charge in [0.1, 0.15) is 5.01 Å². The summed E-state index contributed by atoms with van der Waals surface area (Å²) in [6.45, 7) is 5.50. The second-order valence-corrected chi connectivity index (χ2v) is 7.56. The molecule has 6 heteroatoms. The molecular formula is C18H21N3O2S. The van der Waals surface area contributed by atoms with Crippen molar-refractivity contribution < 1.29 is 9.59 Å². The van der Waals surface area contributed by atoms with Crippen molar-refractivity contribution in [3.05, 3.63) is 51.5 Å². The smallest absolute Gasteiger partial charge is 0.225 e. The number of hydrogen-bond donors (Lipinski definition) is 1. The van der Waals surface area contributed by atoms with E-state index in [1.807, 2.05) is 38.1 Å². The van der Waals surface area contributed by atoms with Gasteiger partial charge < -0.3 is 10.2 Å². The second kappa shape index (κ2) is 7.13. The molecule has 3 rings (SSSR count). The van der Waals surface area contributed by atoms with Crippen LogP contribution in [0.1, 0.15) is 27.4 Å². The molecule has 5 nitrogen and oxygen atoms in total. The highest BCUT2D eigenvalue weighted by Crippen LogP contribution is 2.21. The Bertz CT molecular complexity index is 739. The molecule has 2 aromatic rings. The number of hydrogen-bond acceptors (Lipinski definition) is 4. The van der Waals surface area contributed by atoms with Crippen molar-refractivity contribution in [2.75, 3.05) is 6.54 Å². The topological polar surface area (TPSA) is 62.3 Å². The number of likely N-dealkylation sites (tertiary alicyclic amines) is 1. The molecule has 1 aromatic carbocycles. The van der Waals surface area contributed by atoms with Crippen molar-refractivity contribution in [2.24, 2.45) is 5.92 Å². The first-order valence-electron chi connectivity index (χ1n) is 8.03. The van der Waals surface area contributed by atoms with Crippen LogP contribution in [0.15, 0.2) is 30.5 Å². The van der Waals surface area contributed by atoms with Crippen LogP contribution in [0.2, 0.25) is 0 Å². The number of benzene rings is 1. The molecule has 1 saturated heterocycles. The Morgan fingerprint density at radius 1 is 1.33 bits per heavy atom. The number of thiazole rings is 1. The molecule has 0 radical (unpaired) electrons. The van der Waals surface area contributed by atoms with Crippen molar-refractivity contribution in [1.29, 1.82) is 0 Å². The van der Waals surface area contributed by atoms with Crippen LogP contribution in [0.25, 0.3) is 0 Å². The third-order valence-electron chi connectivity index (χ3n) is 4.16. The van der Waals surface area contributed by atoms with Gasteiger partial charge in [0.2, 0.25) is 11.8 Å². The molecule has 2 amide bonds. The predicted molar refractivity (Wildman–Crippen MR) is 93.4 cm³/mol. The molecule has 1 aliphatic heterocycles. The maximum Gasteiger partial charge on any atom is 0.225 e. The molecule has 0 saturated carbocycles. The lowest BCUT2D eigenvalue weighted by atomic mass is 10.1. The molecule has 126 valence electrons. The number of carbonyl (C=O) groups is 2. The van der Waals surface area contributed by atoms with Gasteiger partial charge in [-0.3, -0.25) is 9.59 Å². The van der Waals surface area contributed by atoms with Crippen molar-refractivity contribution in [3.8, 4) is 0 Å². The Kier molecular flexibility index (Phi) is 4.94. The van der Waals surface area contributed by atoms with Crippen LogP contribution in [-0.2, 0) is 22.7 Å². The van der Waals surface area contributed by atoms with Gasteiger partial charge in [-0.25, -0.2) is 4.98 Å². The summed E-state index contributed by atoms with van der Waals surface area (Å²) in [5, 5.41) is 3.79. The minimum Gasteiger partial charge on any atom is -0.349 e. The van der Waals surface area contributed by atoms with E-state index in [0.29, 0.717) is 19.6 Å². The molecule has 1 N–H and O–H groups in total. The van der Waals surface area contributed by atoms with Crippen molar-refractivity contribution >= 4 is 23.2 Å². The molecule has 1 aromatic heterocycles. The predicted octanol–water partition coefficient (Wildman–Crippen LogP) is 2.42. The number of carbonyl (C=O) groups excluding carboxylic acids is 2. The van der Waals surface area contributed by atoms with E-state index in [-0.39, 0.29) is 24.2 Å². The van der Waals surface area contributed by atoms with Crippen molar-refractivity contribution in [1.82, 2.24) is 15.2 Å². The molecule has 0 spiro atoms. The maximum absolute atomic E-state index is 12.3. The lowest BCUT2D eigenvalue weighted by Gasteiger charge is -2.16. The van der Waals surface area contributed by atoms with Crippen molar-refractivity contribution in [2.45, 2.75) is 33.4 Å². The average Bonchev–Trinajstić information content (AvgIpc) is 3.13. The van der Waals surface area contributed by atoms with Crippen LogP contribution in [-0.4, -0.2) is 28.2 Å². The highest BCUT2D eigenvalue weighted by Gasteiger charge is 2.34. The SMILES string of the molecule is Cc1ccc(CN2C[C@H](C(=O)NCc3ncc(C)s3)CC2=O)cc1. The molecule has 24 heavy (non-hydrogen) atoms. The number of rotatable bonds is 5. The minimum absolute atomic E-state index is 0.0424. The molecule has 2 heterocycles. The highest BCUT2D eigenvalue weighted by atomic mass is 32.1. The number of nitrogens with zero attached hydrogens (tertiary/aromatic N) is 2. The Morgan fingerprint density at radius 2 is 2.08 bits per heavy atom. The summed E-state index contributed by atoms with van der Waals surface area (Å²) in [7, 11) is 0. The van der Waals surface area contributed by atoms with Gasteiger partial charge in [-0.15, -0.1) is 11.3 Å². The fourth-order valence-electron chi connectivity index (χ4n) is 2.80. The zero-order valence-electron chi connectivity index (χ0n) is 13.9.